The molecule has 2 aliphatic heterocycles. The summed E-state index contributed by atoms with van der Waals surface area (Å²) in [7, 11) is 1.66. The van der Waals surface area contributed by atoms with Crippen LogP contribution in [-0.2, 0) is 4.79 Å². The lowest BCUT2D eigenvalue weighted by molar-refractivity contribution is -0.135. The van der Waals surface area contributed by atoms with Crippen LogP contribution in [-0.4, -0.2) is 67.5 Å². The molecule has 8 heteroatoms. The Morgan fingerprint density at radius 2 is 1.62 bits per heavy atom. The number of hydrogen-bond donors (Lipinski definition) is 0. The fraction of sp³-hybridized carbons (Fsp3) is 0.417. The third kappa shape index (κ3) is 4.97. The lowest BCUT2D eigenvalue weighted by Gasteiger charge is -2.30. The molecule has 170 valence electrons. The molecule has 2 amide bonds. The van der Waals surface area contributed by atoms with E-state index in [0.717, 1.165) is 37.4 Å². The van der Waals surface area contributed by atoms with Crippen molar-refractivity contribution in [3.63, 3.8) is 0 Å². The number of amides is 2. The predicted octanol–water partition coefficient (Wildman–Crippen LogP) is 4.35. The van der Waals surface area contributed by atoms with Crippen molar-refractivity contribution in [1.82, 2.24) is 9.80 Å². The highest BCUT2D eigenvalue weighted by atomic mass is 35.5. The third-order valence-electron chi connectivity index (χ3n) is 6.15. The summed E-state index contributed by atoms with van der Waals surface area (Å²) in [4.78, 5) is 32.4. The van der Waals surface area contributed by atoms with Gasteiger partial charge in [-0.3, -0.25) is 9.59 Å². The second-order valence-corrected chi connectivity index (χ2v) is 9.05. The molecule has 4 rings (SSSR count). The third-order valence-corrected chi connectivity index (χ3v) is 6.59. The van der Waals surface area contributed by atoms with E-state index < -0.39 is 6.04 Å². The molecule has 0 radical (unpaired) electrons. The van der Waals surface area contributed by atoms with Gasteiger partial charge in [0.1, 0.15) is 11.8 Å². The van der Waals surface area contributed by atoms with Crippen molar-refractivity contribution in [2.24, 2.45) is 0 Å². The molecule has 0 aromatic heterocycles. The fourth-order valence-electron chi connectivity index (χ4n) is 4.51. The Labute approximate surface area is 198 Å². The number of benzene rings is 2. The Bertz CT molecular complexity index is 963. The molecule has 6 nitrogen and oxygen atoms in total. The molecule has 0 spiro atoms. The normalized spacial score (nSPS) is 19.1. The van der Waals surface area contributed by atoms with Gasteiger partial charge in [-0.1, -0.05) is 23.2 Å². The van der Waals surface area contributed by atoms with Crippen LogP contribution in [0.4, 0.5) is 5.69 Å². The van der Waals surface area contributed by atoms with E-state index in [2.05, 4.69) is 4.90 Å². The minimum absolute atomic E-state index is 0.0283. The lowest BCUT2D eigenvalue weighted by Crippen LogP contribution is -2.48. The first-order valence-electron chi connectivity index (χ1n) is 10.9. The van der Waals surface area contributed by atoms with Crippen LogP contribution in [0.3, 0.4) is 0 Å². The summed E-state index contributed by atoms with van der Waals surface area (Å²) >= 11 is 12.2. The minimum atomic E-state index is -0.437. The number of hydrogen-bond acceptors (Lipinski definition) is 4. The zero-order valence-electron chi connectivity index (χ0n) is 18.1. The standard InChI is InChI=1S/C24H27Cl2N3O3/c1-32-21-7-5-20(6-8-21)27-9-3-10-28(13-12-27)24(31)22-4-2-11-29(22)23(30)17-14-18(25)16-19(26)15-17/h5-8,14-16,22H,2-4,9-13H2,1H3. The summed E-state index contributed by atoms with van der Waals surface area (Å²) < 4.78 is 5.24. The highest BCUT2D eigenvalue weighted by Gasteiger charge is 2.37. The van der Waals surface area contributed by atoms with Gasteiger partial charge in [0, 0.05) is 54.0 Å². The average Bonchev–Trinajstić information content (AvgIpc) is 3.15. The molecule has 0 bridgehead atoms. The Morgan fingerprint density at radius 3 is 2.31 bits per heavy atom. The lowest BCUT2D eigenvalue weighted by atomic mass is 10.1. The number of carbonyl (C=O) groups is 2. The van der Waals surface area contributed by atoms with E-state index in [1.807, 2.05) is 29.2 Å². The molecular weight excluding hydrogens is 449 g/mol. The van der Waals surface area contributed by atoms with Crippen molar-refractivity contribution in [2.75, 3.05) is 44.7 Å². The van der Waals surface area contributed by atoms with Crippen LogP contribution in [0.15, 0.2) is 42.5 Å². The molecule has 2 aromatic rings. The van der Waals surface area contributed by atoms with Gasteiger partial charge in [0.2, 0.25) is 5.91 Å². The van der Waals surface area contributed by atoms with Crippen LogP contribution in [0.1, 0.15) is 29.6 Å². The van der Waals surface area contributed by atoms with Crippen LogP contribution < -0.4 is 9.64 Å². The van der Waals surface area contributed by atoms with Crippen LogP contribution >= 0.6 is 23.2 Å². The monoisotopic (exact) mass is 475 g/mol. The van der Waals surface area contributed by atoms with Crippen LogP contribution in [0, 0.1) is 0 Å². The largest absolute Gasteiger partial charge is 0.497 e. The van der Waals surface area contributed by atoms with E-state index in [-0.39, 0.29) is 11.8 Å². The highest BCUT2D eigenvalue weighted by Crippen LogP contribution is 2.26. The van der Waals surface area contributed by atoms with Crippen LogP contribution in [0.2, 0.25) is 10.0 Å². The summed E-state index contributed by atoms with van der Waals surface area (Å²) in [6.07, 6.45) is 2.36. The number of likely N-dealkylation sites (tertiary alicyclic amines) is 1. The van der Waals surface area contributed by atoms with Crippen molar-refractivity contribution >= 4 is 40.7 Å². The first-order chi connectivity index (χ1) is 15.5. The highest BCUT2D eigenvalue weighted by molar-refractivity contribution is 6.35. The summed E-state index contributed by atoms with van der Waals surface area (Å²) in [5.74, 6) is 0.660. The van der Waals surface area contributed by atoms with Gasteiger partial charge in [0.05, 0.1) is 7.11 Å². The number of rotatable bonds is 4. The van der Waals surface area contributed by atoms with E-state index in [1.54, 1.807) is 30.2 Å². The molecule has 1 unspecified atom stereocenters. The number of carbonyl (C=O) groups excluding carboxylic acids is 2. The van der Waals surface area contributed by atoms with Gasteiger partial charge in [-0.15, -0.1) is 0 Å². The summed E-state index contributed by atoms with van der Waals surface area (Å²) in [6.45, 7) is 3.51. The van der Waals surface area contributed by atoms with Crippen molar-refractivity contribution < 1.29 is 14.3 Å². The Morgan fingerprint density at radius 1 is 0.906 bits per heavy atom. The Balaban J connectivity index is 1.43. The number of methoxy groups -OCH3 is 1. The van der Waals surface area contributed by atoms with Crippen molar-refractivity contribution in [3.05, 3.63) is 58.1 Å². The van der Waals surface area contributed by atoms with Gasteiger partial charge in [0.15, 0.2) is 0 Å². The molecule has 2 fully saturated rings. The van der Waals surface area contributed by atoms with E-state index in [1.165, 1.54) is 0 Å². The maximum atomic E-state index is 13.4. The Hall–Kier alpha value is -2.44. The number of halogens is 2. The second-order valence-electron chi connectivity index (χ2n) is 8.18. The van der Waals surface area contributed by atoms with E-state index >= 15 is 0 Å². The number of ether oxygens (including phenoxy) is 1. The molecule has 2 saturated heterocycles. The van der Waals surface area contributed by atoms with E-state index in [0.29, 0.717) is 41.7 Å². The number of nitrogens with zero attached hydrogens (tertiary/aromatic N) is 3. The summed E-state index contributed by atoms with van der Waals surface area (Å²) in [5.41, 5.74) is 1.54. The first-order valence-corrected chi connectivity index (χ1v) is 11.7. The van der Waals surface area contributed by atoms with E-state index in [4.69, 9.17) is 27.9 Å². The Kier molecular flexibility index (Phi) is 7.11. The zero-order chi connectivity index (χ0) is 22.7. The molecule has 1 atom stereocenters. The van der Waals surface area contributed by atoms with Gasteiger partial charge in [-0.25, -0.2) is 0 Å². The molecular formula is C24H27Cl2N3O3. The quantitative estimate of drug-likeness (QED) is 0.659. The maximum Gasteiger partial charge on any atom is 0.254 e. The molecule has 2 heterocycles. The smallest absolute Gasteiger partial charge is 0.254 e. The van der Waals surface area contributed by atoms with Gasteiger partial charge < -0.3 is 19.4 Å². The first kappa shape index (κ1) is 22.7. The SMILES string of the molecule is COc1ccc(N2CCCN(C(=O)C3CCCN3C(=O)c3cc(Cl)cc(Cl)c3)CC2)cc1. The van der Waals surface area contributed by atoms with Gasteiger partial charge >= 0.3 is 0 Å². The van der Waals surface area contributed by atoms with Crippen LogP contribution in [0.5, 0.6) is 5.75 Å². The van der Waals surface area contributed by atoms with Crippen LogP contribution in [0.25, 0.3) is 0 Å². The summed E-state index contributed by atoms with van der Waals surface area (Å²) in [5, 5.41) is 0.822. The molecule has 2 aliphatic rings. The molecule has 0 saturated carbocycles. The topological polar surface area (TPSA) is 53.1 Å². The molecule has 0 N–H and O–H groups in total. The molecule has 0 aliphatic carbocycles. The average molecular weight is 476 g/mol. The molecule has 32 heavy (non-hydrogen) atoms. The number of anilines is 1. The van der Waals surface area contributed by atoms with E-state index in [9.17, 15) is 9.59 Å². The second kappa shape index (κ2) is 10.0. The summed E-state index contributed by atoms with van der Waals surface area (Å²) in [6, 6.07) is 12.4. The van der Waals surface area contributed by atoms with Gasteiger partial charge in [0.25, 0.3) is 5.91 Å². The van der Waals surface area contributed by atoms with Gasteiger partial charge in [-0.2, -0.15) is 0 Å². The van der Waals surface area contributed by atoms with Crippen molar-refractivity contribution in [2.45, 2.75) is 25.3 Å². The van der Waals surface area contributed by atoms with Gasteiger partial charge in [-0.05, 0) is 61.7 Å². The van der Waals surface area contributed by atoms with Crippen molar-refractivity contribution in [1.29, 1.82) is 0 Å². The predicted molar refractivity (Wildman–Crippen MR) is 127 cm³/mol. The fourth-order valence-corrected chi connectivity index (χ4v) is 5.04. The molecule has 2 aromatic carbocycles. The maximum absolute atomic E-state index is 13.4. The minimum Gasteiger partial charge on any atom is -0.497 e. The zero-order valence-corrected chi connectivity index (χ0v) is 19.6. The van der Waals surface area contributed by atoms with Crippen molar-refractivity contribution in [3.8, 4) is 5.75 Å².